The summed E-state index contributed by atoms with van der Waals surface area (Å²) in [5.74, 6) is 0.352. The van der Waals surface area contributed by atoms with E-state index in [4.69, 9.17) is 0 Å². The molecule has 0 saturated carbocycles. The van der Waals surface area contributed by atoms with Crippen molar-refractivity contribution >= 4 is 5.69 Å². The monoisotopic (exact) mass is 241 g/mol. The fourth-order valence-corrected chi connectivity index (χ4v) is 2.10. The summed E-state index contributed by atoms with van der Waals surface area (Å²) >= 11 is 0. The van der Waals surface area contributed by atoms with E-state index < -0.39 is 0 Å². The number of benzene rings is 2. The summed E-state index contributed by atoms with van der Waals surface area (Å²) in [6.45, 7) is 4.20. The van der Waals surface area contributed by atoms with Crippen molar-refractivity contribution in [3.05, 3.63) is 59.7 Å². The molecule has 0 heterocycles. The highest BCUT2D eigenvalue weighted by Crippen LogP contribution is 2.29. The fourth-order valence-electron chi connectivity index (χ4n) is 2.10. The summed E-state index contributed by atoms with van der Waals surface area (Å²) < 4.78 is 0. The number of hydrogen-bond donors (Lipinski definition) is 2. The van der Waals surface area contributed by atoms with Crippen LogP contribution in [0.5, 0.6) is 5.75 Å². The molecule has 2 N–H and O–H groups in total. The Morgan fingerprint density at radius 3 is 2.39 bits per heavy atom. The van der Waals surface area contributed by atoms with Crippen molar-refractivity contribution in [3.8, 4) is 5.75 Å². The van der Waals surface area contributed by atoms with Crippen LogP contribution in [0.25, 0.3) is 0 Å². The number of nitrogens with one attached hydrogen (secondary N) is 1. The lowest BCUT2D eigenvalue weighted by molar-refractivity contribution is 0.462. The molecular weight excluding hydrogens is 222 g/mol. The zero-order valence-electron chi connectivity index (χ0n) is 10.9. The van der Waals surface area contributed by atoms with Gasteiger partial charge in [-0.25, -0.2) is 0 Å². The molecule has 18 heavy (non-hydrogen) atoms. The Kier molecular flexibility index (Phi) is 3.88. The predicted molar refractivity (Wildman–Crippen MR) is 75.9 cm³/mol. The molecule has 0 amide bonds. The van der Waals surface area contributed by atoms with E-state index in [9.17, 15) is 5.11 Å². The Labute approximate surface area is 108 Å². The summed E-state index contributed by atoms with van der Waals surface area (Å²) in [5, 5.41) is 13.4. The van der Waals surface area contributed by atoms with Crippen molar-refractivity contribution in [2.75, 3.05) is 5.32 Å². The second kappa shape index (κ2) is 5.58. The lowest BCUT2D eigenvalue weighted by Crippen LogP contribution is -2.10. The molecule has 0 fully saturated rings. The van der Waals surface area contributed by atoms with Crippen molar-refractivity contribution in [2.24, 2.45) is 0 Å². The summed E-state index contributed by atoms with van der Waals surface area (Å²) in [4.78, 5) is 0. The molecule has 0 aliphatic rings. The van der Waals surface area contributed by atoms with Crippen molar-refractivity contribution < 1.29 is 5.11 Å². The Morgan fingerprint density at radius 2 is 1.72 bits per heavy atom. The van der Waals surface area contributed by atoms with Crippen LogP contribution in [-0.4, -0.2) is 5.11 Å². The summed E-state index contributed by atoms with van der Waals surface area (Å²) in [6.07, 6.45) is 0.923. The molecule has 2 rings (SSSR count). The van der Waals surface area contributed by atoms with Gasteiger partial charge in [-0.15, -0.1) is 0 Å². The minimum Gasteiger partial charge on any atom is -0.508 e. The third kappa shape index (κ3) is 2.65. The van der Waals surface area contributed by atoms with Gasteiger partial charge in [0, 0.05) is 11.3 Å². The van der Waals surface area contributed by atoms with Crippen molar-refractivity contribution in [3.63, 3.8) is 0 Å². The van der Waals surface area contributed by atoms with Gasteiger partial charge < -0.3 is 10.4 Å². The van der Waals surface area contributed by atoms with Crippen LogP contribution in [0, 0.1) is 6.92 Å². The first-order valence-corrected chi connectivity index (χ1v) is 6.32. The van der Waals surface area contributed by atoms with Gasteiger partial charge in [0.05, 0.1) is 6.04 Å². The minimum atomic E-state index is 0.132. The number of hydrogen-bond acceptors (Lipinski definition) is 2. The molecule has 2 nitrogen and oxygen atoms in total. The Hall–Kier alpha value is -1.96. The lowest BCUT2D eigenvalue weighted by Gasteiger charge is -2.21. The number of aryl methyl sites for hydroxylation is 1. The third-order valence-electron chi connectivity index (χ3n) is 3.20. The van der Waals surface area contributed by atoms with Gasteiger partial charge in [0.15, 0.2) is 0 Å². The van der Waals surface area contributed by atoms with Crippen LogP contribution < -0.4 is 5.32 Å². The van der Waals surface area contributed by atoms with E-state index in [1.54, 1.807) is 6.07 Å². The highest BCUT2D eigenvalue weighted by Gasteiger charge is 2.13. The maximum atomic E-state index is 9.92. The summed E-state index contributed by atoms with van der Waals surface area (Å²) in [6, 6.07) is 15.8. The first kappa shape index (κ1) is 12.5. The number of phenolic OH excluding ortho intramolecular Hbond substituents is 1. The minimum absolute atomic E-state index is 0.132. The maximum absolute atomic E-state index is 9.92. The molecule has 2 aromatic carbocycles. The number of aromatic hydroxyl groups is 1. The zero-order chi connectivity index (χ0) is 13.0. The van der Waals surface area contributed by atoms with Gasteiger partial charge in [-0.2, -0.15) is 0 Å². The molecule has 0 radical (unpaired) electrons. The van der Waals surface area contributed by atoms with Crippen LogP contribution in [0.3, 0.4) is 0 Å². The van der Waals surface area contributed by atoms with Crippen LogP contribution in [-0.2, 0) is 0 Å². The van der Waals surface area contributed by atoms with Gasteiger partial charge >= 0.3 is 0 Å². The SMILES string of the molecule is CCC(Nc1ccccc1C)c1ccccc1O. The highest BCUT2D eigenvalue weighted by atomic mass is 16.3. The van der Waals surface area contributed by atoms with E-state index in [0.717, 1.165) is 17.7 Å². The summed E-state index contributed by atoms with van der Waals surface area (Å²) in [5.41, 5.74) is 3.28. The van der Waals surface area contributed by atoms with Crippen LogP contribution in [0.2, 0.25) is 0 Å². The average Bonchev–Trinajstić information content (AvgIpc) is 2.39. The quantitative estimate of drug-likeness (QED) is 0.838. The van der Waals surface area contributed by atoms with E-state index in [0.29, 0.717) is 5.75 Å². The Balaban J connectivity index is 2.26. The molecule has 1 unspecified atom stereocenters. The van der Waals surface area contributed by atoms with Crippen LogP contribution in [0.15, 0.2) is 48.5 Å². The lowest BCUT2D eigenvalue weighted by atomic mass is 10.0. The van der Waals surface area contributed by atoms with Crippen LogP contribution in [0.1, 0.15) is 30.5 Å². The van der Waals surface area contributed by atoms with Crippen molar-refractivity contribution in [1.29, 1.82) is 0 Å². The van der Waals surface area contributed by atoms with Crippen molar-refractivity contribution in [2.45, 2.75) is 26.3 Å². The standard InChI is InChI=1S/C16H19NO/c1-3-14(13-9-5-7-11-16(13)18)17-15-10-6-4-8-12(15)2/h4-11,14,17-18H,3H2,1-2H3. The highest BCUT2D eigenvalue weighted by molar-refractivity contribution is 5.53. The first-order valence-electron chi connectivity index (χ1n) is 6.32. The van der Waals surface area contributed by atoms with E-state index in [1.807, 2.05) is 30.3 Å². The van der Waals surface area contributed by atoms with E-state index in [2.05, 4.69) is 31.3 Å². The van der Waals surface area contributed by atoms with Crippen molar-refractivity contribution in [1.82, 2.24) is 0 Å². The van der Waals surface area contributed by atoms with Gasteiger partial charge in [-0.05, 0) is 31.0 Å². The smallest absolute Gasteiger partial charge is 0.120 e. The number of anilines is 1. The first-order chi connectivity index (χ1) is 8.72. The topological polar surface area (TPSA) is 32.3 Å². The van der Waals surface area contributed by atoms with E-state index in [1.165, 1.54) is 5.56 Å². The largest absolute Gasteiger partial charge is 0.508 e. The normalized spacial score (nSPS) is 12.1. The van der Waals surface area contributed by atoms with Crippen LogP contribution >= 0.6 is 0 Å². The van der Waals surface area contributed by atoms with Gasteiger partial charge in [-0.1, -0.05) is 43.3 Å². The molecule has 94 valence electrons. The molecule has 0 spiro atoms. The number of para-hydroxylation sites is 2. The molecule has 0 aliphatic carbocycles. The second-order valence-corrected chi connectivity index (χ2v) is 4.48. The van der Waals surface area contributed by atoms with Gasteiger partial charge in [-0.3, -0.25) is 0 Å². The fraction of sp³-hybridized carbons (Fsp3) is 0.250. The molecule has 0 aromatic heterocycles. The summed E-state index contributed by atoms with van der Waals surface area (Å²) in [7, 11) is 0. The van der Waals surface area contributed by atoms with Crippen LogP contribution in [0.4, 0.5) is 5.69 Å². The maximum Gasteiger partial charge on any atom is 0.120 e. The molecule has 0 saturated heterocycles. The predicted octanol–water partition coefficient (Wildman–Crippen LogP) is 4.26. The average molecular weight is 241 g/mol. The molecule has 2 aromatic rings. The number of rotatable bonds is 4. The molecular formula is C16H19NO. The van der Waals surface area contributed by atoms with Gasteiger partial charge in [0.2, 0.25) is 0 Å². The number of phenols is 1. The molecule has 0 aliphatic heterocycles. The second-order valence-electron chi connectivity index (χ2n) is 4.48. The molecule has 0 bridgehead atoms. The molecule has 1 atom stereocenters. The Morgan fingerprint density at radius 1 is 1.06 bits per heavy atom. The Bertz CT molecular complexity index is 522. The zero-order valence-corrected chi connectivity index (χ0v) is 10.9. The van der Waals surface area contributed by atoms with E-state index >= 15 is 0 Å². The molecule has 2 heteroatoms. The van der Waals surface area contributed by atoms with E-state index in [-0.39, 0.29) is 6.04 Å². The van der Waals surface area contributed by atoms with Gasteiger partial charge in [0.25, 0.3) is 0 Å². The third-order valence-corrected chi connectivity index (χ3v) is 3.20. The van der Waals surface area contributed by atoms with Gasteiger partial charge in [0.1, 0.15) is 5.75 Å².